The zero-order valence-corrected chi connectivity index (χ0v) is 23.9. The fourth-order valence-corrected chi connectivity index (χ4v) is 5.11. The minimum Gasteiger partial charge on any atom is -0.399 e. The van der Waals surface area contributed by atoms with Crippen LogP contribution in [0.15, 0.2) is 77.7 Å². The zero-order valence-electron chi connectivity index (χ0n) is 23.1. The Morgan fingerprint density at radius 3 is 2.54 bits per heavy atom. The summed E-state index contributed by atoms with van der Waals surface area (Å²) < 4.78 is 1.72. The summed E-state index contributed by atoms with van der Waals surface area (Å²) in [6.45, 7) is 3.70. The first-order valence-corrected chi connectivity index (χ1v) is 14.2. The van der Waals surface area contributed by atoms with E-state index in [1.165, 1.54) is 5.56 Å². The van der Waals surface area contributed by atoms with Crippen molar-refractivity contribution in [2.75, 3.05) is 24.1 Å². The van der Waals surface area contributed by atoms with Gasteiger partial charge in [-0.3, -0.25) is 14.3 Å². The number of benzene rings is 2. The van der Waals surface area contributed by atoms with Crippen LogP contribution < -0.4 is 22.3 Å². The first-order chi connectivity index (χ1) is 19.9. The van der Waals surface area contributed by atoms with E-state index in [0.29, 0.717) is 47.4 Å². The van der Waals surface area contributed by atoms with Gasteiger partial charge in [-0.05, 0) is 81.1 Å². The number of nitrogens with zero attached hydrogens (tertiary/aromatic N) is 4. The fraction of sp³-hybridized carbons (Fsp3) is 0.250. The number of nitrogens with one attached hydrogen (secondary N) is 1. The zero-order chi connectivity index (χ0) is 28.8. The molecule has 0 fully saturated rings. The van der Waals surface area contributed by atoms with Crippen molar-refractivity contribution in [1.29, 1.82) is 0 Å². The molecule has 0 spiro atoms. The molecule has 0 bridgehead atoms. The summed E-state index contributed by atoms with van der Waals surface area (Å²) in [6.07, 6.45) is 5.13. The number of fused-ring (bicyclic) bond motifs is 1. The lowest BCUT2D eigenvalue weighted by atomic mass is 10.0. The van der Waals surface area contributed by atoms with Gasteiger partial charge in [-0.25, -0.2) is 4.98 Å². The van der Waals surface area contributed by atoms with Crippen molar-refractivity contribution in [3.8, 4) is 22.4 Å². The number of aromatic nitrogens is 4. The van der Waals surface area contributed by atoms with Crippen molar-refractivity contribution in [2.24, 2.45) is 5.73 Å². The van der Waals surface area contributed by atoms with Gasteiger partial charge in [0, 0.05) is 57.8 Å². The SMILES string of the molecule is Cc1cccc(-c2ccc(-c3cc4cnc(NCCCc5ccc(N)cc5)nc4n(CCCCN)c3=O)c(Cl)c2)n1. The standard InChI is InChI=1S/C32H34ClN7O/c1-21-6-4-8-29(38-21)23-11-14-26(28(33)19-23)27-18-24-20-37-32(36-16-5-7-22-9-12-25(35)13-10-22)39-30(24)40(31(27)41)17-3-2-15-34/h4,6,8-14,18-20H,2-3,5,7,15-17,34-35H2,1H3,(H,36,37,39). The van der Waals surface area contributed by atoms with E-state index < -0.39 is 0 Å². The number of halogens is 1. The molecule has 0 saturated carbocycles. The minimum absolute atomic E-state index is 0.147. The number of hydrogen-bond acceptors (Lipinski definition) is 7. The average Bonchev–Trinajstić information content (AvgIpc) is 2.97. The Hall–Kier alpha value is -4.27. The van der Waals surface area contributed by atoms with Gasteiger partial charge in [0.15, 0.2) is 0 Å². The van der Waals surface area contributed by atoms with Gasteiger partial charge in [0.25, 0.3) is 5.56 Å². The Morgan fingerprint density at radius 2 is 1.78 bits per heavy atom. The molecule has 210 valence electrons. The quantitative estimate of drug-likeness (QED) is 0.135. The van der Waals surface area contributed by atoms with E-state index in [-0.39, 0.29) is 5.56 Å². The van der Waals surface area contributed by atoms with E-state index in [2.05, 4.69) is 15.3 Å². The molecule has 0 atom stereocenters. The second-order valence-corrected chi connectivity index (χ2v) is 10.5. The van der Waals surface area contributed by atoms with Crippen molar-refractivity contribution in [1.82, 2.24) is 19.5 Å². The number of hydrogen-bond donors (Lipinski definition) is 3. The molecule has 5 N–H and O–H groups in total. The number of anilines is 2. The van der Waals surface area contributed by atoms with E-state index in [9.17, 15) is 4.79 Å². The monoisotopic (exact) mass is 567 g/mol. The van der Waals surface area contributed by atoms with E-state index in [0.717, 1.165) is 53.7 Å². The number of nitrogen functional groups attached to an aromatic ring is 1. The van der Waals surface area contributed by atoms with Gasteiger partial charge in [0.05, 0.1) is 5.69 Å². The third-order valence-electron chi connectivity index (χ3n) is 7.01. The van der Waals surface area contributed by atoms with Gasteiger partial charge in [0.1, 0.15) is 5.65 Å². The first-order valence-electron chi connectivity index (χ1n) is 13.9. The summed E-state index contributed by atoms with van der Waals surface area (Å²) in [5.41, 5.74) is 17.8. The van der Waals surface area contributed by atoms with E-state index in [4.69, 9.17) is 28.1 Å². The summed E-state index contributed by atoms with van der Waals surface area (Å²) in [5, 5.41) is 4.55. The third-order valence-corrected chi connectivity index (χ3v) is 7.32. The molecule has 9 heteroatoms. The summed E-state index contributed by atoms with van der Waals surface area (Å²) in [5.74, 6) is 0.488. The number of rotatable bonds is 11. The third kappa shape index (κ3) is 6.73. The molecule has 0 amide bonds. The summed E-state index contributed by atoms with van der Waals surface area (Å²) >= 11 is 6.76. The Morgan fingerprint density at radius 1 is 0.951 bits per heavy atom. The van der Waals surface area contributed by atoms with Crippen LogP contribution in [0.4, 0.5) is 11.6 Å². The van der Waals surface area contributed by atoms with Gasteiger partial charge in [0.2, 0.25) is 5.95 Å². The second-order valence-electron chi connectivity index (χ2n) is 10.1. The molecule has 3 heterocycles. The van der Waals surface area contributed by atoms with E-state index in [1.54, 1.807) is 10.8 Å². The van der Waals surface area contributed by atoms with Crippen molar-refractivity contribution in [2.45, 2.75) is 39.2 Å². The van der Waals surface area contributed by atoms with Crippen molar-refractivity contribution in [3.63, 3.8) is 0 Å². The maximum atomic E-state index is 13.9. The van der Waals surface area contributed by atoms with Crippen LogP contribution in [0.3, 0.4) is 0 Å². The molecule has 0 aliphatic heterocycles. The van der Waals surface area contributed by atoms with Crippen molar-refractivity contribution >= 4 is 34.3 Å². The van der Waals surface area contributed by atoms with Gasteiger partial charge < -0.3 is 16.8 Å². The highest BCUT2D eigenvalue weighted by Crippen LogP contribution is 2.31. The van der Waals surface area contributed by atoms with Crippen LogP contribution in [-0.2, 0) is 13.0 Å². The Balaban J connectivity index is 1.43. The van der Waals surface area contributed by atoms with Gasteiger partial charge in [-0.2, -0.15) is 4.98 Å². The van der Waals surface area contributed by atoms with Crippen LogP contribution in [0.1, 0.15) is 30.5 Å². The van der Waals surface area contributed by atoms with Crippen molar-refractivity contribution < 1.29 is 0 Å². The molecule has 41 heavy (non-hydrogen) atoms. The van der Waals surface area contributed by atoms with Crippen LogP contribution in [-0.4, -0.2) is 32.6 Å². The molecule has 0 unspecified atom stereocenters. The van der Waals surface area contributed by atoms with E-state index >= 15 is 0 Å². The molecular formula is C32H34ClN7O. The van der Waals surface area contributed by atoms with Crippen LogP contribution in [0.5, 0.6) is 0 Å². The molecule has 2 aromatic carbocycles. The summed E-state index contributed by atoms with van der Waals surface area (Å²) in [6, 6.07) is 21.3. The molecular weight excluding hydrogens is 534 g/mol. The lowest BCUT2D eigenvalue weighted by Crippen LogP contribution is -2.24. The molecule has 0 radical (unpaired) electrons. The Bertz CT molecular complexity index is 1720. The summed E-state index contributed by atoms with van der Waals surface area (Å²) in [7, 11) is 0. The molecule has 5 rings (SSSR count). The normalized spacial score (nSPS) is 11.2. The number of nitrogens with two attached hydrogens (primary N) is 2. The van der Waals surface area contributed by atoms with Gasteiger partial charge >= 0.3 is 0 Å². The topological polar surface area (TPSA) is 125 Å². The van der Waals surface area contributed by atoms with Crippen LogP contribution >= 0.6 is 11.6 Å². The Kier molecular flexibility index (Phi) is 8.91. The molecule has 0 saturated heterocycles. The number of aryl methyl sites for hydroxylation is 3. The van der Waals surface area contributed by atoms with Gasteiger partial charge in [-0.1, -0.05) is 41.9 Å². The molecule has 0 aliphatic carbocycles. The maximum absolute atomic E-state index is 13.9. The molecule has 8 nitrogen and oxygen atoms in total. The van der Waals surface area contributed by atoms with Crippen LogP contribution in [0, 0.1) is 6.92 Å². The van der Waals surface area contributed by atoms with Gasteiger partial charge in [-0.15, -0.1) is 0 Å². The number of unbranched alkanes of at least 4 members (excludes halogenated alkanes) is 1. The lowest BCUT2D eigenvalue weighted by Gasteiger charge is -2.14. The predicted molar refractivity (Wildman–Crippen MR) is 168 cm³/mol. The highest BCUT2D eigenvalue weighted by Gasteiger charge is 2.16. The molecule has 5 aromatic rings. The predicted octanol–water partition coefficient (Wildman–Crippen LogP) is 5.85. The highest BCUT2D eigenvalue weighted by atomic mass is 35.5. The first kappa shape index (κ1) is 28.3. The largest absolute Gasteiger partial charge is 0.399 e. The Labute approximate surface area is 244 Å². The van der Waals surface area contributed by atoms with Crippen LogP contribution in [0.2, 0.25) is 5.02 Å². The van der Waals surface area contributed by atoms with Crippen molar-refractivity contribution in [3.05, 3.63) is 99.6 Å². The van der Waals surface area contributed by atoms with E-state index in [1.807, 2.05) is 73.7 Å². The average molecular weight is 568 g/mol. The van der Waals surface area contributed by atoms with Crippen LogP contribution in [0.25, 0.3) is 33.4 Å². The molecule has 3 aromatic heterocycles. The smallest absolute Gasteiger partial charge is 0.260 e. The highest BCUT2D eigenvalue weighted by molar-refractivity contribution is 6.33. The summed E-state index contributed by atoms with van der Waals surface area (Å²) in [4.78, 5) is 27.7. The maximum Gasteiger partial charge on any atom is 0.260 e. The fourth-order valence-electron chi connectivity index (χ4n) is 4.83. The second kappa shape index (κ2) is 12.9. The molecule has 0 aliphatic rings. The minimum atomic E-state index is -0.147. The lowest BCUT2D eigenvalue weighted by molar-refractivity contribution is 0.611. The number of pyridine rings is 2.